The monoisotopic (exact) mass is 300 g/mol. The summed E-state index contributed by atoms with van der Waals surface area (Å²) in [5.41, 5.74) is 0.000508. The molecule has 1 aromatic heterocycles. The van der Waals surface area contributed by atoms with Crippen molar-refractivity contribution in [1.82, 2.24) is 15.1 Å². The number of rotatable bonds is 6. The van der Waals surface area contributed by atoms with E-state index in [0.29, 0.717) is 12.2 Å². The summed E-state index contributed by atoms with van der Waals surface area (Å²) in [6.45, 7) is 7.99. The van der Waals surface area contributed by atoms with Crippen LogP contribution in [-0.4, -0.2) is 28.3 Å². The molecule has 1 rings (SSSR count). The number of halogens is 1. The van der Waals surface area contributed by atoms with Crippen LogP contribution in [0.15, 0.2) is 11.0 Å². The van der Waals surface area contributed by atoms with Crippen molar-refractivity contribution in [3.63, 3.8) is 0 Å². The number of hydrogen-bond donors (Lipinski definition) is 2. The molecule has 0 saturated heterocycles. The first-order chi connectivity index (χ1) is 9.38. The number of amides is 1. The molecule has 0 saturated carbocycles. The van der Waals surface area contributed by atoms with Gasteiger partial charge in [-0.2, -0.15) is 5.10 Å². The van der Waals surface area contributed by atoms with E-state index in [-0.39, 0.29) is 22.5 Å². The van der Waals surface area contributed by atoms with Gasteiger partial charge in [-0.3, -0.25) is 9.59 Å². The van der Waals surface area contributed by atoms with Crippen molar-refractivity contribution in [2.45, 2.75) is 46.2 Å². The highest BCUT2D eigenvalue weighted by Gasteiger charge is 2.16. The summed E-state index contributed by atoms with van der Waals surface area (Å²) in [5.74, 6) is -0.143. The minimum absolute atomic E-state index is 0.0452. The van der Waals surface area contributed by atoms with Crippen molar-refractivity contribution in [3.05, 3.63) is 21.6 Å². The van der Waals surface area contributed by atoms with E-state index in [1.165, 1.54) is 10.9 Å². The lowest BCUT2D eigenvalue weighted by atomic mass is 10.3. The van der Waals surface area contributed by atoms with Crippen molar-refractivity contribution in [2.75, 3.05) is 11.9 Å². The standard InChI is InChI=1S/C13H21ClN4O2/c1-5-6-15-12(19)9(4)17-10-7-16-18(8(2)3)13(20)11(10)14/h7-9,17H,5-6H2,1-4H3,(H,15,19). The molecule has 0 aliphatic rings. The van der Waals surface area contributed by atoms with Gasteiger partial charge >= 0.3 is 0 Å². The maximum Gasteiger partial charge on any atom is 0.287 e. The van der Waals surface area contributed by atoms with E-state index in [4.69, 9.17) is 11.6 Å². The highest BCUT2D eigenvalue weighted by atomic mass is 35.5. The lowest BCUT2D eigenvalue weighted by molar-refractivity contribution is -0.121. The Morgan fingerprint density at radius 1 is 1.45 bits per heavy atom. The van der Waals surface area contributed by atoms with Crippen molar-refractivity contribution in [3.8, 4) is 0 Å². The van der Waals surface area contributed by atoms with Gasteiger partial charge in [0.2, 0.25) is 5.91 Å². The highest BCUT2D eigenvalue weighted by molar-refractivity contribution is 6.33. The lowest BCUT2D eigenvalue weighted by Crippen LogP contribution is -2.38. The predicted molar refractivity (Wildman–Crippen MR) is 80.3 cm³/mol. The van der Waals surface area contributed by atoms with Crippen LogP contribution in [0.3, 0.4) is 0 Å². The minimum atomic E-state index is -0.491. The third kappa shape index (κ3) is 3.96. The van der Waals surface area contributed by atoms with Gasteiger partial charge in [-0.05, 0) is 27.2 Å². The molecule has 2 N–H and O–H groups in total. The molecule has 1 amide bonds. The summed E-state index contributed by atoms with van der Waals surface area (Å²) in [7, 11) is 0. The highest BCUT2D eigenvalue weighted by Crippen LogP contribution is 2.17. The van der Waals surface area contributed by atoms with Crippen molar-refractivity contribution < 1.29 is 4.79 Å². The fraction of sp³-hybridized carbons (Fsp3) is 0.615. The second-order valence-corrected chi connectivity index (χ2v) is 5.25. The van der Waals surface area contributed by atoms with E-state index < -0.39 is 6.04 Å². The van der Waals surface area contributed by atoms with Crippen LogP contribution >= 0.6 is 11.6 Å². The van der Waals surface area contributed by atoms with E-state index in [9.17, 15) is 9.59 Å². The average Bonchev–Trinajstić information content (AvgIpc) is 2.40. The van der Waals surface area contributed by atoms with Crippen LogP contribution in [-0.2, 0) is 4.79 Å². The molecule has 1 atom stereocenters. The first-order valence-corrected chi connectivity index (χ1v) is 7.07. The molecule has 1 aromatic rings. The maximum absolute atomic E-state index is 12.0. The molecule has 6 nitrogen and oxygen atoms in total. The van der Waals surface area contributed by atoms with Crippen LogP contribution in [0, 0.1) is 0 Å². The van der Waals surface area contributed by atoms with Gasteiger partial charge in [-0.15, -0.1) is 0 Å². The molecule has 112 valence electrons. The van der Waals surface area contributed by atoms with Gasteiger partial charge in [-0.25, -0.2) is 4.68 Å². The molecule has 0 aromatic carbocycles. The summed E-state index contributed by atoms with van der Waals surface area (Å²) in [4.78, 5) is 23.7. The number of hydrogen-bond acceptors (Lipinski definition) is 4. The summed E-state index contributed by atoms with van der Waals surface area (Å²) in [5, 5.41) is 9.76. The predicted octanol–water partition coefficient (Wildman–Crippen LogP) is 1.80. The topological polar surface area (TPSA) is 76.0 Å². The second kappa shape index (κ2) is 7.28. The summed E-state index contributed by atoms with van der Waals surface area (Å²) < 4.78 is 1.30. The first-order valence-electron chi connectivity index (χ1n) is 6.70. The first kappa shape index (κ1) is 16.5. The van der Waals surface area contributed by atoms with Gasteiger partial charge in [-0.1, -0.05) is 18.5 Å². The molecular weight excluding hydrogens is 280 g/mol. The Kier molecular flexibility index (Phi) is 6.01. The Hall–Kier alpha value is -1.56. The van der Waals surface area contributed by atoms with Gasteiger partial charge in [0.05, 0.1) is 17.9 Å². The van der Waals surface area contributed by atoms with E-state index in [1.807, 2.05) is 20.8 Å². The van der Waals surface area contributed by atoms with Crippen LogP contribution in [0.4, 0.5) is 5.69 Å². The molecule has 1 unspecified atom stereocenters. The van der Waals surface area contributed by atoms with Crippen molar-refractivity contribution in [1.29, 1.82) is 0 Å². The fourth-order valence-corrected chi connectivity index (χ4v) is 1.80. The number of nitrogens with one attached hydrogen (secondary N) is 2. The minimum Gasteiger partial charge on any atom is -0.371 e. The van der Waals surface area contributed by atoms with Crippen LogP contribution in [0.5, 0.6) is 0 Å². The molecule has 0 aliphatic carbocycles. The molecule has 0 bridgehead atoms. The fourth-order valence-electron chi connectivity index (χ4n) is 1.61. The van der Waals surface area contributed by atoms with E-state index in [2.05, 4.69) is 15.7 Å². The molecule has 0 spiro atoms. The smallest absolute Gasteiger partial charge is 0.287 e. The number of aromatic nitrogens is 2. The van der Waals surface area contributed by atoms with Crippen LogP contribution < -0.4 is 16.2 Å². The quantitative estimate of drug-likeness (QED) is 0.840. The van der Waals surface area contributed by atoms with Crippen LogP contribution in [0.25, 0.3) is 0 Å². The Balaban J connectivity index is 2.86. The Bertz CT molecular complexity index is 528. The largest absolute Gasteiger partial charge is 0.371 e. The van der Waals surface area contributed by atoms with Crippen molar-refractivity contribution in [2.24, 2.45) is 0 Å². The molecule has 20 heavy (non-hydrogen) atoms. The zero-order chi connectivity index (χ0) is 15.3. The third-order valence-electron chi connectivity index (χ3n) is 2.75. The van der Waals surface area contributed by atoms with E-state index in [1.54, 1.807) is 6.92 Å². The zero-order valence-electron chi connectivity index (χ0n) is 12.2. The van der Waals surface area contributed by atoms with Gasteiger partial charge in [0.1, 0.15) is 11.1 Å². The Morgan fingerprint density at radius 2 is 2.10 bits per heavy atom. The number of carbonyl (C=O) groups is 1. The molecule has 0 fully saturated rings. The number of carbonyl (C=O) groups excluding carboxylic acids is 1. The lowest BCUT2D eigenvalue weighted by Gasteiger charge is -2.16. The SMILES string of the molecule is CCCNC(=O)C(C)Nc1cnn(C(C)C)c(=O)c1Cl. The summed E-state index contributed by atoms with van der Waals surface area (Å²) >= 11 is 6.03. The Labute approximate surface area is 123 Å². The van der Waals surface area contributed by atoms with Gasteiger partial charge in [0.25, 0.3) is 5.56 Å². The van der Waals surface area contributed by atoms with Gasteiger partial charge in [0, 0.05) is 6.54 Å². The molecule has 1 heterocycles. The number of nitrogens with zero attached hydrogens (tertiary/aromatic N) is 2. The van der Waals surface area contributed by atoms with Crippen LogP contribution in [0.1, 0.15) is 40.2 Å². The van der Waals surface area contributed by atoms with Gasteiger partial charge < -0.3 is 10.6 Å². The molecular formula is C13H21ClN4O2. The maximum atomic E-state index is 12.0. The number of anilines is 1. The van der Waals surface area contributed by atoms with Gasteiger partial charge in [0.15, 0.2) is 0 Å². The Morgan fingerprint density at radius 3 is 2.65 bits per heavy atom. The third-order valence-corrected chi connectivity index (χ3v) is 3.11. The molecule has 0 radical (unpaired) electrons. The van der Waals surface area contributed by atoms with E-state index in [0.717, 1.165) is 6.42 Å². The molecule has 0 aliphatic heterocycles. The summed E-state index contributed by atoms with van der Waals surface area (Å²) in [6, 6.07) is -0.561. The normalized spacial score (nSPS) is 12.3. The average molecular weight is 301 g/mol. The zero-order valence-corrected chi connectivity index (χ0v) is 13.0. The molecule has 7 heteroatoms. The summed E-state index contributed by atoms with van der Waals surface area (Å²) in [6.07, 6.45) is 2.33. The second-order valence-electron chi connectivity index (χ2n) is 4.87. The van der Waals surface area contributed by atoms with Crippen LogP contribution in [0.2, 0.25) is 5.02 Å². The van der Waals surface area contributed by atoms with E-state index >= 15 is 0 Å². The van der Waals surface area contributed by atoms with Crippen molar-refractivity contribution >= 4 is 23.2 Å².